The summed E-state index contributed by atoms with van der Waals surface area (Å²) in [7, 11) is 0. The third-order valence-corrected chi connectivity index (χ3v) is 7.76. The number of thioether (sulfide) groups is 1. The highest BCUT2D eigenvalue weighted by Crippen LogP contribution is 2.29. The largest absolute Gasteiger partial charge is 0.372 e. The molecular formula is C26H27N5OS2. The maximum absolute atomic E-state index is 12.8. The van der Waals surface area contributed by atoms with Crippen molar-refractivity contribution in [1.29, 1.82) is 0 Å². The van der Waals surface area contributed by atoms with Crippen molar-refractivity contribution >= 4 is 40.4 Å². The van der Waals surface area contributed by atoms with Gasteiger partial charge in [-0.3, -0.25) is 9.36 Å². The summed E-state index contributed by atoms with van der Waals surface area (Å²) in [6, 6.07) is 20.6. The van der Waals surface area contributed by atoms with E-state index in [0.29, 0.717) is 6.54 Å². The van der Waals surface area contributed by atoms with Crippen molar-refractivity contribution in [2.24, 2.45) is 0 Å². The SMILES string of the molecule is Cc1cc(N2CCCC2)ccc1NC(=O)CSc1nnc(-c2cccs2)n1Cc1ccccc1. The molecule has 8 heteroatoms. The number of benzene rings is 2. The van der Waals surface area contributed by atoms with Crippen molar-refractivity contribution in [1.82, 2.24) is 14.8 Å². The fraction of sp³-hybridized carbons (Fsp3) is 0.269. The minimum absolute atomic E-state index is 0.0473. The Morgan fingerprint density at radius 3 is 2.62 bits per heavy atom. The number of carbonyl (C=O) groups excluding carboxylic acids is 1. The Morgan fingerprint density at radius 2 is 1.88 bits per heavy atom. The second-order valence-electron chi connectivity index (χ2n) is 8.39. The zero-order valence-corrected chi connectivity index (χ0v) is 20.7. The Kier molecular flexibility index (Phi) is 6.97. The maximum atomic E-state index is 12.8. The van der Waals surface area contributed by atoms with Crippen LogP contribution in [0.25, 0.3) is 10.7 Å². The molecule has 0 saturated carbocycles. The van der Waals surface area contributed by atoms with Crippen LogP contribution in [0.2, 0.25) is 0 Å². The molecule has 6 nitrogen and oxygen atoms in total. The fourth-order valence-corrected chi connectivity index (χ4v) is 5.62. The number of nitrogens with one attached hydrogen (secondary N) is 1. The first-order chi connectivity index (χ1) is 16.7. The molecular weight excluding hydrogens is 462 g/mol. The summed E-state index contributed by atoms with van der Waals surface area (Å²) in [4.78, 5) is 16.3. The van der Waals surface area contributed by atoms with Gasteiger partial charge in [0.05, 0.1) is 17.2 Å². The number of amides is 1. The monoisotopic (exact) mass is 489 g/mol. The molecule has 1 fully saturated rings. The van der Waals surface area contributed by atoms with E-state index in [1.54, 1.807) is 11.3 Å². The van der Waals surface area contributed by atoms with Gasteiger partial charge in [-0.15, -0.1) is 21.5 Å². The van der Waals surface area contributed by atoms with Gasteiger partial charge in [0, 0.05) is 24.5 Å². The van der Waals surface area contributed by atoms with Crippen LogP contribution >= 0.6 is 23.1 Å². The van der Waals surface area contributed by atoms with E-state index < -0.39 is 0 Å². The maximum Gasteiger partial charge on any atom is 0.234 e. The number of hydrogen-bond donors (Lipinski definition) is 1. The van der Waals surface area contributed by atoms with Gasteiger partial charge in [0.15, 0.2) is 11.0 Å². The van der Waals surface area contributed by atoms with E-state index in [1.807, 2.05) is 48.7 Å². The van der Waals surface area contributed by atoms with Crippen LogP contribution in [-0.4, -0.2) is 39.5 Å². The van der Waals surface area contributed by atoms with E-state index in [2.05, 4.69) is 49.2 Å². The van der Waals surface area contributed by atoms with Gasteiger partial charge in [0.1, 0.15) is 0 Å². The van der Waals surface area contributed by atoms with Gasteiger partial charge >= 0.3 is 0 Å². The average Bonchev–Trinajstić information content (AvgIpc) is 3.62. The molecule has 2 aromatic carbocycles. The average molecular weight is 490 g/mol. The number of carbonyl (C=O) groups is 1. The molecule has 34 heavy (non-hydrogen) atoms. The predicted molar refractivity (Wildman–Crippen MR) is 141 cm³/mol. The topological polar surface area (TPSA) is 63.1 Å². The first-order valence-electron chi connectivity index (χ1n) is 11.5. The van der Waals surface area contributed by atoms with Crippen molar-refractivity contribution in [2.45, 2.75) is 31.5 Å². The summed E-state index contributed by atoms with van der Waals surface area (Å²) in [5.74, 6) is 1.05. The minimum atomic E-state index is -0.0473. The molecule has 0 aliphatic carbocycles. The van der Waals surface area contributed by atoms with Crippen LogP contribution in [0.15, 0.2) is 71.2 Å². The number of anilines is 2. The molecule has 0 bridgehead atoms. The highest BCUT2D eigenvalue weighted by molar-refractivity contribution is 7.99. The second-order valence-corrected chi connectivity index (χ2v) is 10.3. The van der Waals surface area contributed by atoms with Gasteiger partial charge in [-0.25, -0.2) is 0 Å². The van der Waals surface area contributed by atoms with Gasteiger partial charge in [-0.1, -0.05) is 48.2 Å². The zero-order valence-electron chi connectivity index (χ0n) is 19.1. The van der Waals surface area contributed by atoms with E-state index in [-0.39, 0.29) is 11.7 Å². The predicted octanol–water partition coefficient (Wildman–Crippen LogP) is 5.69. The Morgan fingerprint density at radius 1 is 1.06 bits per heavy atom. The van der Waals surface area contributed by atoms with E-state index in [1.165, 1.54) is 35.9 Å². The first-order valence-corrected chi connectivity index (χ1v) is 13.3. The second kappa shape index (κ2) is 10.4. The van der Waals surface area contributed by atoms with Crippen LogP contribution in [0.4, 0.5) is 11.4 Å². The molecule has 4 aromatic rings. The van der Waals surface area contributed by atoms with E-state index in [9.17, 15) is 4.79 Å². The molecule has 0 spiro atoms. The van der Waals surface area contributed by atoms with Gasteiger partial charge < -0.3 is 10.2 Å². The number of hydrogen-bond acceptors (Lipinski definition) is 6. The smallest absolute Gasteiger partial charge is 0.234 e. The Bertz CT molecular complexity index is 1250. The standard InChI is InChI=1S/C26H27N5OS2/c1-19-16-21(30-13-5-6-14-30)11-12-22(19)27-24(32)18-34-26-29-28-25(23-10-7-15-33-23)31(26)17-20-8-3-2-4-9-20/h2-4,7-12,15-16H,5-6,13-14,17-18H2,1H3,(H,27,32). The summed E-state index contributed by atoms with van der Waals surface area (Å²) in [6.45, 7) is 4.92. The van der Waals surface area contributed by atoms with Crippen LogP contribution in [0.3, 0.4) is 0 Å². The van der Waals surface area contributed by atoms with Gasteiger partial charge in [-0.05, 0) is 60.5 Å². The van der Waals surface area contributed by atoms with Crippen molar-refractivity contribution in [3.63, 3.8) is 0 Å². The summed E-state index contributed by atoms with van der Waals surface area (Å²) in [6.07, 6.45) is 2.50. The summed E-state index contributed by atoms with van der Waals surface area (Å²) in [5, 5.41) is 14.7. The van der Waals surface area contributed by atoms with Gasteiger partial charge in [0.25, 0.3) is 0 Å². The Balaban J connectivity index is 1.28. The molecule has 1 amide bonds. The molecule has 0 atom stereocenters. The van der Waals surface area contributed by atoms with Crippen LogP contribution in [-0.2, 0) is 11.3 Å². The molecule has 1 saturated heterocycles. The summed E-state index contributed by atoms with van der Waals surface area (Å²) >= 11 is 3.05. The molecule has 5 rings (SSSR count). The zero-order chi connectivity index (χ0) is 23.3. The highest BCUT2D eigenvalue weighted by Gasteiger charge is 2.18. The van der Waals surface area contributed by atoms with Crippen LogP contribution < -0.4 is 10.2 Å². The van der Waals surface area contributed by atoms with Crippen molar-refractivity contribution < 1.29 is 4.79 Å². The lowest BCUT2D eigenvalue weighted by atomic mass is 10.1. The third-order valence-electron chi connectivity index (χ3n) is 5.93. The van der Waals surface area contributed by atoms with Crippen LogP contribution in [0, 0.1) is 6.92 Å². The third kappa shape index (κ3) is 5.18. The lowest BCUT2D eigenvalue weighted by molar-refractivity contribution is -0.113. The van der Waals surface area contributed by atoms with Gasteiger partial charge in [0.2, 0.25) is 5.91 Å². The normalized spacial score (nSPS) is 13.4. The molecule has 1 N–H and O–H groups in total. The number of aromatic nitrogens is 3. The van der Waals surface area contributed by atoms with E-state index in [4.69, 9.17) is 0 Å². The lowest BCUT2D eigenvalue weighted by Gasteiger charge is -2.19. The van der Waals surface area contributed by atoms with Crippen LogP contribution in [0.5, 0.6) is 0 Å². The highest BCUT2D eigenvalue weighted by atomic mass is 32.2. The lowest BCUT2D eigenvalue weighted by Crippen LogP contribution is -2.18. The first kappa shape index (κ1) is 22.7. The molecule has 0 unspecified atom stereocenters. The quantitative estimate of drug-likeness (QED) is 0.322. The Labute approximate surface area is 208 Å². The molecule has 1 aliphatic heterocycles. The van der Waals surface area contributed by atoms with Crippen molar-refractivity contribution in [3.8, 4) is 10.7 Å². The minimum Gasteiger partial charge on any atom is -0.372 e. The van der Waals surface area contributed by atoms with E-state index >= 15 is 0 Å². The summed E-state index contributed by atoms with van der Waals surface area (Å²) < 4.78 is 2.09. The number of thiophene rings is 1. The van der Waals surface area contributed by atoms with Gasteiger partial charge in [-0.2, -0.15) is 0 Å². The molecule has 174 valence electrons. The molecule has 0 radical (unpaired) electrons. The van der Waals surface area contributed by atoms with Crippen molar-refractivity contribution in [2.75, 3.05) is 29.1 Å². The number of nitrogens with zero attached hydrogens (tertiary/aromatic N) is 4. The van der Waals surface area contributed by atoms with Crippen LogP contribution in [0.1, 0.15) is 24.0 Å². The molecule has 3 heterocycles. The number of aryl methyl sites for hydroxylation is 1. The summed E-state index contributed by atoms with van der Waals surface area (Å²) in [5.41, 5.74) is 4.34. The van der Waals surface area contributed by atoms with E-state index in [0.717, 1.165) is 40.2 Å². The molecule has 1 aliphatic rings. The number of rotatable bonds is 8. The Hall–Kier alpha value is -3.10. The molecule has 2 aromatic heterocycles. The van der Waals surface area contributed by atoms with Crippen molar-refractivity contribution in [3.05, 3.63) is 77.2 Å². The fourth-order valence-electron chi connectivity index (χ4n) is 4.17.